The fourth-order valence-corrected chi connectivity index (χ4v) is 2.69. The standard InChI is InChI=1S/C12H19N5O3S/c1-14-12-16-10(13)9(21-12)11(19)15-3-2-8(18)17-4-6-20-7-5-17/h2-7,13H2,1H3,(H,14,16)(H,15,19). The Hall–Kier alpha value is -1.87. The van der Waals surface area contributed by atoms with Crippen LogP contribution in [0.4, 0.5) is 10.9 Å². The average molecular weight is 313 g/mol. The van der Waals surface area contributed by atoms with E-state index in [1.165, 1.54) is 11.3 Å². The number of anilines is 2. The predicted molar refractivity (Wildman–Crippen MR) is 80.4 cm³/mol. The van der Waals surface area contributed by atoms with E-state index in [1.807, 2.05) is 0 Å². The van der Waals surface area contributed by atoms with E-state index in [9.17, 15) is 9.59 Å². The molecule has 0 aliphatic carbocycles. The van der Waals surface area contributed by atoms with Gasteiger partial charge in [0.2, 0.25) is 5.91 Å². The van der Waals surface area contributed by atoms with Crippen molar-refractivity contribution in [2.45, 2.75) is 6.42 Å². The van der Waals surface area contributed by atoms with Gasteiger partial charge in [-0.15, -0.1) is 0 Å². The van der Waals surface area contributed by atoms with E-state index in [4.69, 9.17) is 10.5 Å². The van der Waals surface area contributed by atoms with Gasteiger partial charge in [0.05, 0.1) is 13.2 Å². The van der Waals surface area contributed by atoms with E-state index in [-0.39, 0.29) is 30.6 Å². The van der Waals surface area contributed by atoms with E-state index < -0.39 is 0 Å². The number of nitrogens with two attached hydrogens (primary N) is 1. The van der Waals surface area contributed by atoms with Crippen molar-refractivity contribution >= 4 is 34.1 Å². The van der Waals surface area contributed by atoms with Gasteiger partial charge in [-0.05, 0) is 0 Å². The Morgan fingerprint density at radius 2 is 2.14 bits per heavy atom. The highest BCUT2D eigenvalue weighted by atomic mass is 32.1. The first-order chi connectivity index (χ1) is 10.1. The molecule has 2 heterocycles. The molecule has 1 aliphatic rings. The first-order valence-electron chi connectivity index (χ1n) is 6.69. The maximum absolute atomic E-state index is 12.0. The van der Waals surface area contributed by atoms with Crippen LogP contribution in [0.25, 0.3) is 0 Å². The van der Waals surface area contributed by atoms with Crippen LogP contribution in [0.1, 0.15) is 16.1 Å². The molecule has 2 rings (SSSR count). The predicted octanol–water partition coefficient (Wildman–Crippen LogP) is -0.254. The van der Waals surface area contributed by atoms with E-state index >= 15 is 0 Å². The van der Waals surface area contributed by atoms with Crippen LogP contribution in [0.2, 0.25) is 0 Å². The van der Waals surface area contributed by atoms with E-state index in [0.29, 0.717) is 36.3 Å². The summed E-state index contributed by atoms with van der Waals surface area (Å²) >= 11 is 1.18. The third kappa shape index (κ3) is 4.05. The molecule has 4 N–H and O–H groups in total. The third-order valence-corrected chi connectivity index (χ3v) is 4.15. The number of ether oxygens (including phenoxy) is 1. The molecule has 1 aromatic rings. The van der Waals surface area contributed by atoms with Gasteiger partial charge in [0.15, 0.2) is 5.13 Å². The molecule has 0 aromatic carbocycles. The van der Waals surface area contributed by atoms with Gasteiger partial charge in [-0.1, -0.05) is 11.3 Å². The summed E-state index contributed by atoms with van der Waals surface area (Å²) in [5, 5.41) is 6.11. The largest absolute Gasteiger partial charge is 0.382 e. The number of amides is 2. The molecule has 8 nitrogen and oxygen atoms in total. The van der Waals surface area contributed by atoms with Crippen LogP contribution in [0, 0.1) is 0 Å². The molecule has 21 heavy (non-hydrogen) atoms. The van der Waals surface area contributed by atoms with Crippen LogP contribution in [-0.2, 0) is 9.53 Å². The highest BCUT2D eigenvalue weighted by molar-refractivity contribution is 7.18. The van der Waals surface area contributed by atoms with Gasteiger partial charge < -0.3 is 26.0 Å². The molecular weight excluding hydrogens is 294 g/mol. The Kier molecular flexibility index (Phi) is 5.34. The number of hydrogen-bond donors (Lipinski definition) is 3. The second-order valence-corrected chi connectivity index (χ2v) is 5.48. The van der Waals surface area contributed by atoms with Gasteiger partial charge in [-0.2, -0.15) is 0 Å². The highest BCUT2D eigenvalue weighted by Gasteiger charge is 2.18. The minimum Gasteiger partial charge on any atom is -0.382 e. The molecule has 1 saturated heterocycles. The van der Waals surface area contributed by atoms with Crippen LogP contribution < -0.4 is 16.4 Å². The van der Waals surface area contributed by atoms with E-state index in [2.05, 4.69) is 15.6 Å². The summed E-state index contributed by atoms with van der Waals surface area (Å²) in [6, 6.07) is 0. The maximum Gasteiger partial charge on any atom is 0.265 e. The van der Waals surface area contributed by atoms with Gasteiger partial charge in [-0.3, -0.25) is 9.59 Å². The van der Waals surface area contributed by atoms with Crippen molar-refractivity contribution in [1.82, 2.24) is 15.2 Å². The molecule has 9 heteroatoms. The summed E-state index contributed by atoms with van der Waals surface area (Å²) in [7, 11) is 1.71. The number of thiazole rings is 1. The molecule has 0 atom stereocenters. The number of nitrogens with one attached hydrogen (secondary N) is 2. The lowest BCUT2D eigenvalue weighted by Gasteiger charge is -2.26. The number of nitrogen functional groups attached to an aromatic ring is 1. The molecule has 1 fully saturated rings. The normalized spacial score (nSPS) is 14.8. The van der Waals surface area contributed by atoms with E-state index in [1.54, 1.807) is 11.9 Å². The minimum absolute atomic E-state index is 0.0202. The number of aromatic nitrogens is 1. The van der Waals surface area contributed by atoms with Crippen molar-refractivity contribution in [2.24, 2.45) is 0 Å². The summed E-state index contributed by atoms with van der Waals surface area (Å²) in [4.78, 5) is 30.0. The quantitative estimate of drug-likeness (QED) is 0.691. The van der Waals surface area contributed by atoms with Gasteiger partial charge in [0.25, 0.3) is 5.91 Å². The van der Waals surface area contributed by atoms with Gasteiger partial charge >= 0.3 is 0 Å². The molecule has 0 radical (unpaired) electrons. The summed E-state index contributed by atoms with van der Waals surface area (Å²) < 4.78 is 5.19. The summed E-state index contributed by atoms with van der Waals surface area (Å²) in [5.74, 6) is -0.0885. The Balaban J connectivity index is 1.78. The molecule has 0 spiro atoms. The molecule has 116 valence electrons. The molecule has 0 unspecified atom stereocenters. The monoisotopic (exact) mass is 313 g/mol. The molecular formula is C12H19N5O3S. The number of morpholine rings is 1. The zero-order chi connectivity index (χ0) is 15.2. The second-order valence-electron chi connectivity index (χ2n) is 4.48. The number of rotatable bonds is 5. The van der Waals surface area contributed by atoms with Gasteiger partial charge in [0, 0.05) is 33.1 Å². The lowest BCUT2D eigenvalue weighted by atomic mass is 10.3. The summed E-state index contributed by atoms with van der Waals surface area (Å²) in [6.07, 6.45) is 0.267. The fraction of sp³-hybridized carbons (Fsp3) is 0.583. The third-order valence-electron chi connectivity index (χ3n) is 3.06. The van der Waals surface area contributed by atoms with Crippen molar-refractivity contribution in [3.05, 3.63) is 4.88 Å². The molecule has 1 aromatic heterocycles. The van der Waals surface area contributed by atoms with Gasteiger partial charge in [0.1, 0.15) is 10.7 Å². The topological polar surface area (TPSA) is 110 Å². The fourth-order valence-electron chi connectivity index (χ4n) is 1.94. The lowest BCUT2D eigenvalue weighted by Crippen LogP contribution is -2.42. The second kappa shape index (κ2) is 7.23. The minimum atomic E-state index is -0.304. The summed E-state index contributed by atoms with van der Waals surface area (Å²) in [6.45, 7) is 2.64. The van der Waals surface area contributed by atoms with Crippen LogP contribution in [0.3, 0.4) is 0 Å². The SMILES string of the molecule is CNc1nc(N)c(C(=O)NCCC(=O)N2CCOCC2)s1. The van der Waals surface area contributed by atoms with Crippen LogP contribution in [0.15, 0.2) is 0 Å². The average Bonchev–Trinajstić information content (AvgIpc) is 2.89. The Morgan fingerprint density at radius 3 is 2.76 bits per heavy atom. The van der Waals surface area contributed by atoms with Crippen LogP contribution in [-0.4, -0.2) is 61.6 Å². The number of hydrogen-bond acceptors (Lipinski definition) is 7. The molecule has 0 saturated carbocycles. The van der Waals surface area contributed by atoms with Crippen molar-refractivity contribution in [3.63, 3.8) is 0 Å². The number of carbonyl (C=O) groups is 2. The zero-order valence-corrected chi connectivity index (χ0v) is 12.7. The summed E-state index contributed by atoms with van der Waals surface area (Å²) in [5.41, 5.74) is 5.68. The van der Waals surface area contributed by atoms with Crippen LogP contribution in [0.5, 0.6) is 0 Å². The molecule has 2 amide bonds. The Labute approximate surface area is 126 Å². The molecule has 0 bridgehead atoms. The van der Waals surface area contributed by atoms with Gasteiger partial charge in [-0.25, -0.2) is 4.98 Å². The molecule has 1 aliphatic heterocycles. The van der Waals surface area contributed by atoms with Crippen molar-refractivity contribution in [1.29, 1.82) is 0 Å². The van der Waals surface area contributed by atoms with Crippen LogP contribution >= 0.6 is 11.3 Å². The maximum atomic E-state index is 12.0. The smallest absolute Gasteiger partial charge is 0.265 e. The number of carbonyl (C=O) groups excluding carboxylic acids is 2. The number of nitrogens with zero attached hydrogens (tertiary/aromatic N) is 2. The first-order valence-corrected chi connectivity index (χ1v) is 7.51. The highest BCUT2D eigenvalue weighted by Crippen LogP contribution is 2.24. The van der Waals surface area contributed by atoms with Crippen molar-refractivity contribution in [2.75, 3.05) is 50.9 Å². The Bertz CT molecular complexity index is 513. The van der Waals surface area contributed by atoms with E-state index in [0.717, 1.165) is 0 Å². The lowest BCUT2D eigenvalue weighted by molar-refractivity contribution is -0.135. The Morgan fingerprint density at radius 1 is 1.43 bits per heavy atom. The zero-order valence-electron chi connectivity index (χ0n) is 11.8. The first kappa shape index (κ1) is 15.5. The van der Waals surface area contributed by atoms with Crippen molar-refractivity contribution in [3.8, 4) is 0 Å². The van der Waals surface area contributed by atoms with Crippen molar-refractivity contribution < 1.29 is 14.3 Å².